The number of hydrogen-bond donors (Lipinski definition) is 3. The average Bonchev–Trinajstić information content (AvgIpc) is 3.45. The number of carbonyl (C=O) groups is 3. The van der Waals surface area contributed by atoms with Crippen LogP contribution in [0.5, 0.6) is 0 Å². The zero-order valence-corrected chi connectivity index (χ0v) is 18.2. The Morgan fingerprint density at radius 2 is 2.00 bits per heavy atom. The predicted octanol–water partition coefficient (Wildman–Crippen LogP) is 1.54. The molecule has 0 spiro atoms. The van der Waals surface area contributed by atoms with Crippen LogP contribution in [0.25, 0.3) is 11.4 Å². The highest BCUT2D eigenvalue weighted by Crippen LogP contribution is 2.31. The molecule has 1 saturated heterocycles. The fraction of sp³-hybridized carbons (Fsp3) is 0.250. The third-order valence-corrected chi connectivity index (χ3v) is 6.16. The quantitative estimate of drug-likeness (QED) is 0.276. The highest BCUT2D eigenvalue weighted by atomic mass is 32.2. The van der Waals surface area contributed by atoms with E-state index in [1.807, 2.05) is 6.07 Å². The van der Waals surface area contributed by atoms with Crippen molar-refractivity contribution in [3.05, 3.63) is 54.0 Å². The number of furan rings is 1. The number of hydrazine groups is 1. The highest BCUT2D eigenvalue weighted by Gasteiger charge is 2.52. The first kappa shape index (κ1) is 21.4. The molecule has 2 aromatic heterocycles. The van der Waals surface area contributed by atoms with Crippen molar-refractivity contribution in [1.82, 2.24) is 30.6 Å². The molecule has 166 valence electrons. The summed E-state index contributed by atoms with van der Waals surface area (Å²) in [4.78, 5) is 38.0. The number of hydrogen-bond acceptors (Lipinski definition) is 8. The van der Waals surface area contributed by atoms with Crippen molar-refractivity contribution in [2.75, 3.05) is 11.6 Å². The fourth-order valence-electron chi connectivity index (χ4n) is 3.50. The predicted molar refractivity (Wildman–Crippen MR) is 115 cm³/mol. The van der Waals surface area contributed by atoms with Crippen molar-refractivity contribution in [3.8, 4) is 11.4 Å². The molecule has 0 saturated carbocycles. The summed E-state index contributed by atoms with van der Waals surface area (Å²) >= 11 is 1.02. The third kappa shape index (κ3) is 3.58. The van der Waals surface area contributed by atoms with Crippen LogP contribution in [0.15, 0.2) is 52.2 Å². The molecule has 32 heavy (non-hydrogen) atoms. The molecule has 1 fully saturated rings. The summed E-state index contributed by atoms with van der Waals surface area (Å²) in [6.45, 7) is 3.56. The Bertz CT molecular complexity index is 1180. The molecule has 3 aromatic rings. The third-order valence-electron chi connectivity index (χ3n) is 5.22. The molecular weight excluding hydrogens is 434 g/mol. The summed E-state index contributed by atoms with van der Waals surface area (Å²) in [6, 6.07) is 9.93. The van der Waals surface area contributed by atoms with Crippen LogP contribution in [0.4, 0.5) is 4.79 Å². The molecule has 0 bridgehead atoms. The van der Waals surface area contributed by atoms with Crippen molar-refractivity contribution in [3.63, 3.8) is 0 Å². The number of urea groups is 1. The first-order valence-corrected chi connectivity index (χ1v) is 10.8. The number of nitrogens with one attached hydrogen (secondary N) is 2. The van der Waals surface area contributed by atoms with Gasteiger partial charge in [0.05, 0.1) is 17.6 Å². The molecule has 4 rings (SSSR count). The lowest BCUT2D eigenvalue weighted by atomic mass is 9.87. The molecule has 12 heteroatoms. The van der Waals surface area contributed by atoms with Crippen LogP contribution in [0, 0.1) is 6.92 Å². The van der Waals surface area contributed by atoms with Crippen molar-refractivity contribution < 1.29 is 18.8 Å². The van der Waals surface area contributed by atoms with Crippen LogP contribution in [-0.4, -0.2) is 43.5 Å². The molecular formula is C20H21N7O4S. The second kappa shape index (κ2) is 8.38. The molecule has 1 aliphatic rings. The van der Waals surface area contributed by atoms with E-state index < -0.39 is 23.4 Å². The van der Waals surface area contributed by atoms with E-state index >= 15 is 0 Å². The van der Waals surface area contributed by atoms with Gasteiger partial charge in [-0.1, -0.05) is 49.0 Å². The van der Waals surface area contributed by atoms with Gasteiger partial charge in [0, 0.05) is 0 Å². The van der Waals surface area contributed by atoms with Gasteiger partial charge in [-0.15, -0.1) is 10.2 Å². The number of aromatic nitrogens is 3. The number of nitrogen functional groups attached to an aromatic ring is 1. The molecule has 0 aliphatic carbocycles. The highest BCUT2D eigenvalue weighted by molar-refractivity contribution is 7.99. The second-order valence-electron chi connectivity index (χ2n) is 7.09. The van der Waals surface area contributed by atoms with Gasteiger partial charge in [0.2, 0.25) is 11.1 Å². The molecule has 3 heterocycles. The molecule has 1 aliphatic heterocycles. The molecule has 4 N–H and O–H groups in total. The van der Waals surface area contributed by atoms with E-state index in [1.165, 1.54) is 10.9 Å². The summed E-state index contributed by atoms with van der Waals surface area (Å²) in [5.41, 5.74) is 2.47. The monoisotopic (exact) mass is 455 g/mol. The summed E-state index contributed by atoms with van der Waals surface area (Å²) in [7, 11) is 0. The zero-order chi connectivity index (χ0) is 22.9. The van der Waals surface area contributed by atoms with Crippen molar-refractivity contribution >= 4 is 29.6 Å². The molecule has 1 unspecified atom stereocenters. The van der Waals surface area contributed by atoms with E-state index in [0.29, 0.717) is 39.3 Å². The topological polar surface area (TPSA) is 148 Å². The Morgan fingerprint density at radius 1 is 1.25 bits per heavy atom. The minimum Gasteiger partial charge on any atom is -0.469 e. The lowest BCUT2D eigenvalue weighted by molar-refractivity contribution is -0.138. The van der Waals surface area contributed by atoms with Gasteiger partial charge in [-0.25, -0.2) is 9.47 Å². The van der Waals surface area contributed by atoms with E-state index in [-0.39, 0.29) is 5.75 Å². The van der Waals surface area contributed by atoms with E-state index in [9.17, 15) is 14.4 Å². The standard InChI is InChI=1S/C20H21N7O4S/c1-3-20(13-7-5-4-6-8-13)17(29)27(18(30)22-20)25-15(28)11-32-19-24-23-16(26(19)21)14-9-10-31-12(14)2/h4-10H,3,11,21H2,1-2H3,(H,22,30)(H,25,28). The Kier molecular flexibility index (Phi) is 5.61. The van der Waals surface area contributed by atoms with Crippen LogP contribution in [0.3, 0.4) is 0 Å². The van der Waals surface area contributed by atoms with Crippen molar-refractivity contribution in [2.45, 2.75) is 31.0 Å². The largest absolute Gasteiger partial charge is 0.469 e. The minimum atomic E-state index is -1.23. The van der Waals surface area contributed by atoms with E-state index in [1.54, 1.807) is 44.2 Å². The van der Waals surface area contributed by atoms with Gasteiger partial charge in [0.15, 0.2) is 5.82 Å². The first-order valence-electron chi connectivity index (χ1n) is 9.77. The van der Waals surface area contributed by atoms with Crippen LogP contribution < -0.4 is 16.6 Å². The minimum absolute atomic E-state index is 0.138. The van der Waals surface area contributed by atoms with Gasteiger partial charge >= 0.3 is 6.03 Å². The number of rotatable bonds is 7. The Morgan fingerprint density at radius 3 is 2.66 bits per heavy atom. The summed E-state index contributed by atoms with van der Waals surface area (Å²) in [5.74, 6) is 5.82. The van der Waals surface area contributed by atoms with Gasteiger partial charge < -0.3 is 15.6 Å². The van der Waals surface area contributed by atoms with Gasteiger partial charge in [-0.2, -0.15) is 5.01 Å². The molecule has 1 atom stereocenters. The normalized spacial score (nSPS) is 18.1. The van der Waals surface area contributed by atoms with Crippen LogP contribution in [0.1, 0.15) is 24.7 Å². The zero-order valence-electron chi connectivity index (χ0n) is 17.4. The summed E-state index contributed by atoms with van der Waals surface area (Å²) in [5, 5.41) is 11.7. The molecule has 4 amide bonds. The Balaban J connectivity index is 1.43. The first-order chi connectivity index (χ1) is 15.4. The average molecular weight is 456 g/mol. The maximum absolute atomic E-state index is 13.1. The van der Waals surface area contributed by atoms with E-state index in [0.717, 1.165) is 11.8 Å². The van der Waals surface area contributed by atoms with Crippen LogP contribution in [-0.2, 0) is 15.1 Å². The van der Waals surface area contributed by atoms with E-state index in [4.69, 9.17) is 10.3 Å². The number of nitrogens with two attached hydrogens (primary N) is 1. The molecule has 11 nitrogen and oxygen atoms in total. The Labute approximate surface area is 187 Å². The van der Waals surface area contributed by atoms with Crippen LogP contribution in [0.2, 0.25) is 0 Å². The summed E-state index contributed by atoms with van der Waals surface area (Å²) in [6.07, 6.45) is 1.85. The van der Waals surface area contributed by atoms with Crippen molar-refractivity contribution in [2.24, 2.45) is 0 Å². The maximum Gasteiger partial charge on any atom is 0.344 e. The second-order valence-corrected chi connectivity index (χ2v) is 8.03. The summed E-state index contributed by atoms with van der Waals surface area (Å²) < 4.78 is 6.50. The van der Waals surface area contributed by atoms with Gasteiger partial charge in [-0.3, -0.25) is 15.0 Å². The number of nitrogens with zero attached hydrogens (tertiary/aromatic N) is 4. The van der Waals surface area contributed by atoms with Crippen molar-refractivity contribution in [1.29, 1.82) is 0 Å². The molecule has 0 radical (unpaired) electrons. The lowest BCUT2D eigenvalue weighted by Gasteiger charge is -2.25. The number of aryl methyl sites for hydroxylation is 1. The smallest absolute Gasteiger partial charge is 0.344 e. The number of thioether (sulfide) groups is 1. The van der Waals surface area contributed by atoms with Gasteiger partial charge in [-0.05, 0) is 25.0 Å². The maximum atomic E-state index is 13.1. The lowest BCUT2D eigenvalue weighted by Crippen LogP contribution is -2.49. The van der Waals surface area contributed by atoms with Crippen LogP contribution >= 0.6 is 11.8 Å². The Hall–Kier alpha value is -3.80. The number of imide groups is 1. The van der Waals surface area contributed by atoms with E-state index in [2.05, 4.69) is 20.9 Å². The molecule has 1 aromatic carbocycles. The number of carbonyl (C=O) groups excluding carboxylic acids is 3. The van der Waals surface area contributed by atoms with Gasteiger partial charge in [0.1, 0.15) is 11.3 Å². The SMILES string of the molecule is CCC1(c2ccccc2)NC(=O)N(NC(=O)CSc2nnc(-c3ccoc3C)n2N)C1=O. The fourth-order valence-corrected chi connectivity index (χ4v) is 4.15. The number of benzene rings is 1. The van der Waals surface area contributed by atoms with Gasteiger partial charge in [0.25, 0.3) is 5.91 Å². The number of amides is 4.